The summed E-state index contributed by atoms with van der Waals surface area (Å²) in [5.74, 6) is -0.279. The van der Waals surface area contributed by atoms with E-state index in [0.29, 0.717) is 6.42 Å². The Morgan fingerprint density at radius 2 is 1.62 bits per heavy atom. The molecule has 0 saturated carbocycles. The van der Waals surface area contributed by atoms with Gasteiger partial charge < -0.3 is 20.5 Å². The van der Waals surface area contributed by atoms with E-state index in [9.17, 15) is 14.7 Å². The molecule has 0 fully saturated rings. The zero-order chi connectivity index (χ0) is 16.8. The van der Waals surface area contributed by atoms with Crippen molar-refractivity contribution in [2.75, 3.05) is 0 Å². The lowest BCUT2D eigenvalue weighted by Gasteiger charge is -2.27. The first-order chi connectivity index (χ1) is 9.42. The van der Waals surface area contributed by atoms with Crippen LogP contribution in [0.15, 0.2) is 0 Å². The van der Waals surface area contributed by atoms with Gasteiger partial charge in [-0.05, 0) is 47.0 Å². The van der Waals surface area contributed by atoms with Gasteiger partial charge in [-0.25, -0.2) is 4.79 Å². The number of carbonyl (C=O) groups is 2. The zero-order valence-electron chi connectivity index (χ0n) is 14.2. The Morgan fingerprint density at radius 3 is 2.00 bits per heavy atom. The highest BCUT2D eigenvalue weighted by atomic mass is 16.6. The van der Waals surface area contributed by atoms with Crippen molar-refractivity contribution >= 4 is 12.0 Å². The van der Waals surface area contributed by atoms with Gasteiger partial charge in [0.05, 0.1) is 6.04 Å². The van der Waals surface area contributed by atoms with Crippen LogP contribution in [0.2, 0.25) is 0 Å². The van der Waals surface area contributed by atoms with Gasteiger partial charge in [-0.1, -0.05) is 13.8 Å². The summed E-state index contributed by atoms with van der Waals surface area (Å²) in [6.45, 7) is 12.8. The van der Waals surface area contributed by atoms with Gasteiger partial charge in [-0.3, -0.25) is 4.79 Å². The van der Waals surface area contributed by atoms with Crippen LogP contribution in [0, 0.1) is 5.92 Å². The Labute approximate surface area is 127 Å². The zero-order valence-corrected chi connectivity index (χ0v) is 14.2. The van der Waals surface area contributed by atoms with E-state index in [1.54, 1.807) is 20.8 Å². The van der Waals surface area contributed by atoms with Crippen LogP contribution in [0.3, 0.4) is 0 Å². The van der Waals surface area contributed by atoms with Gasteiger partial charge in [-0.2, -0.15) is 0 Å². The highest BCUT2D eigenvalue weighted by Crippen LogP contribution is 2.12. The number of aliphatic hydroxyl groups is 1. The maximum Gasteiger partial charge on any atom is 0.407 e. The minimum absolute atomic E-state index is 0.0756. The van der Waals surface area contributed by atoms with Crippen molar-refractivity contribution in [3.05, 3.63) is 0 Å². The first-order valence-electron chi connectivity index (χ1n) is 7.40. The van der Waals surface area contributed by atoms with Crippen molar-refractivity contribution in [3.63, 3.8) is 0 Å². The molecule has 1 unspecified atom stereocenters. The van der Waals surface area contributed by atoms with E-state index in [1.165, 1.54) is 0 Å². The number of hydrogen-bond acceptors (Lipinski definition) is 4. The van der Waals surface area contributed by atoms with Gasteiger partial charge in [-0.15, -0.1) is 0 Å². The number of aliphatic hydroxyl groups excluding tert-OH is 1. The van der Waals surface area contributed by atoms with Gasteiger partial charge in [0.25, 0.3) is 5.91 Å². The second-order valence-corrected chi connectivity index (χ2v) is 6.99. The lowest BCUT2D eigenvalue weighted by atomic mass is 9.98. The molecule has 0 aliphatic rings. The molecule has 0 radical (unpaired) electrons. The van der Waals surface area contributed by atoms with Crippen LogP contribution >= 0.6 is 0 Å². The minimum Gasteiger partial charge on any atom is -0.444 e. The third-order valence-electron chi connectivity index (χ3n) is 2.51. The maximum atomic E-state index is 11.9. The highest BCUT2D eigenvalue weighted by Gasteiger charge is 2.30. The first-order valence-corrected chi connectivity index (χ1v) is 7.40. The molecule has 0 aromatic carbocycles. The molecule has 0 spiro atoms. The van der Waals surface area contributed by atoms with Crippen molar-refractivity contribution < 1.29 is 19.4 Å². The van der Waals surface area contributed by atoms with Crippen LogP contribution in [-0.2, 0) is 9.53 Å². The highest BCUT2D eigenvalue weighted by molar-refractivity contribution is 5.82. The molecule has 0 heterocycles. The molecule has 0 aromatic rings. The van der Waals surface area contributed by atoms with Crippen LogP contribution < -0.4 is 10.6 Å². The van der Waals surface area contributed by atoms with Crippen LogP contribution in [-0.4, -0.2) is 40.9 Å². The average molecular weight is 302 g/mol. The van der Waals surface area contributed by atoms with Crippen LogP contribution in [0.1, 0.15) is 54.9 Å². The summed E-state index contributed by atoms with van der Waals surface area (Å²) in [5.41, 5.74) is -0.627. The number of ether oxygens (including phenoxy) is 1. The van der Waals surface area contributed by atoms with E-state index in [4.69, 9.17) is 4.74 Å². The van der Waals surface area contributed by atoms with Gasteiger partial charge in [0.2, 0.25) is 0 Å². The summed E-state index contributed by atoms with van der Waals surface area (Å²) in [7, 11) is 0. The van der Waals surface area contributed by atoms with E-state index in [-0.39, 0.29) is 12.0 Å². The smallest absolute Gasteiger partial charge is 0.407 e. The molecule has 0 rings (SSSR count). The molecule has 0 bridgehead atoms. The summed E-state index contributed by atoms with van der Waals surface area (Å²) < 4.78 is 5.17. The molecule has 124 valence electrons. The molecule has 2 atom stereocenters. The van der Waals surface area contributed by atoms with Crippen LogP contribution in [0.4, 0.5) is 4.79 Å². The molecular weight excluding hydrogens is 272 g/mol. The summed E-state index contributed by atoms with van der Waals surface area (Å²) >= 11 is 0. The molecule has 3 N–H and O–H groups in total. The van der Waals surface area contributed by atoms with E-state index >= 15 is 0 Å². The Kier molecular flexibility index (Phi) is 7.71. The largest absolute Gasteiger partial charge is 0.444 e. The number of rotatable bonds is 6. The average Bonchev–Trinajstić information content (AvgIpc) is 2.22. The topological polar surface area (TPSA) is 87.7 Å². The van der Waals surface area contributed by atoms with E-state index in [2.05, 4.69) is 10.6 Å². The van der Waals surface area contributed by atoms with Gasteiger partial charge >= 0.3 is 6.09 Å². The Morgan fingerprint density at radius 1 is 1.10 bits per heavy atom. The monoisotopic (exact) mass is 302 g/mol. The van der Waals surface area contributed by atoms with E-state index in [1.807, 2.05) is 27.7 Å². The number of carbonyl (C=O) groups excluding carboxylic acids is 2. The first kappa shape index (κ1) is 19.7. The van der Waals surface area contributed by atoms with Crippen molar-refractivity contribution in [1.29, 1.82) is 0 Å². The molecule has 6 nitrogen and oxygen atoms in total. The van der Waals surface area contributed by atoms with Gasteiger partial charge in [0.15, 0.2) is 6.10 Å². The number of nitrogens with one attached hydrogen (secondary N) is 2. The Bertz CT molecular complexity index is 348. The van der Waals surface area contributed by atoms with Gasteiger partial charge in [0, 0.05) is 6.04 Å². The summed E-state index contributed by atoms with van der Waals surface area (Å²) in [6, 6.07) is -0.757. The summed E-state index contributed by atoms with van der Waals surface area (Å²) in [4.78, 5) is 23.7. The normalized spacial score (nSPS) is 14.8. The fourth-order valence-corrected chi connectivity index (χ4v) is 1.79. The third kappa shape index (κ3) is 9.28. The SMILES string of the molecule is CC(C)C[C@H](NC(=O)OC(C)(C)C)C(O)C(=O)NC(C)C. The molecule has 0 saturated heterocycles. The minimum atomic E-state index is -1.30. The maximum absolute atomic E-state index is 11.9. The van der Waals surface area contributed by atoms with Crippen molar-refractivity contribution in [2.45, 2.75) is 78.7 Å². The van der Waals surface area contributed by atoms with Gasteiger partial charge in [0.1, 0.15) is 5.60 Å². The summed E-state index contributed by atoms with van der Waals surface area (Å²) in [6.07, 6.45) is -1.46. The van der Waals surface area contributed by atoms with Crippen LogP contribution in [0.5, 0.6) is 0 Å². The predicted octanol–water partition coefficient (Wildman–Crippen LogP) is 1.81. The lowest BCUT2D eigenvalue weighted by Crippen LogP contribution is -2.53. The quantitative estimate of drug-likeness (QED) is 0.698. The number of hydrogen-bond donors (Lipinski definition) is 3. The lowest BCUT2D eigenvalue weighted by molar-refractivity contribution is -0.131. The molecule has 0 aromatic heterocycles. The number of amides is 2. The Hall–Kier alpha value is -1.30. The third-order valence-corrected chi connectivity index (χ3v) is 2.51. The van der Waals surface area contributed by atoms with E-state index in [0.717, 1.165) is 0 Å². The fourth-order valence-electron chi connectivity index (χ4n) is 1.79. The second kappa shape index (κ2) is 8.22. The molecule has 21 heavy (non-hydrogen) atoms. The van der Waals surface area contributed by atoms with Crippen molar-refractivity contribution in [3.8, 4) is 0 Å². The fraction of sp³-hybridized carbons (Fsp3) is 0.867. The molecule has 0 aliphatic heterocycles. The molecule has 0 aliphatic carbocycles. The molecule has 2 amide bonds. The predicted molar refractivity (Wildman–Crippen MR) is 81.9 cm³/mol. The van der Waals surface area contributed by atoms with E-state index < -0.39 is 29.7 Å². The number of alkyl carbamates (subject to hydrolysis) is 1. The van der Waals surface area contributed by atoms with Crippen LogP contribution in [0.25, 0.3) is 0 Å². The Balaban J connectivity index is 4.79. The second-order valence-electron chi connectivity index (χ2n) is 6.99. The van der Waals surface area contributed by atoms with Crippen molar-refractivity contribution in [2.24, 2.45) is 5.92 Å². The summed E-state index contributed by atoms with van der Waals surface area (Å²) in [5, 5.41) is 15.4. The molecular formula is C15H30N2O4. The molecule has 6 heteroatoms. The standard InChI is InChI=1S/C15H30N2O4/c1-9(2)8-11(12(18)13(19)16-10(3)4)17-14(20)21-15(5,6)7/h9-12,18H,8H2,1-7H3,(H,16,19)(H,17,20)/t11-,12?/m0/s1. The van der Waals surface area contributed by atoms with Crippen molar-refractivity contribution in [1.82, 2.24) is 10.6 Å².